The summed E-state index contributed by atoms with van der Waals surface area (Å²) in [6, 6.07) is 12.8. The van der Waals surface area contributed by atoms with Crippen molar-refractivity contribution in [1.82, 2.24) is 0 Å². The van der Waals surface area contributed by atoms with Crippen LogP contribution in [0.4, 0.5) is 11.4 Å². The van der Waals surface area contributed by atoms with Gasteiger partial charge in [-0.05, 0) is 30.7 Å². The molecule has 0 bridgehead atoms. The number of ether oxygens (including phenoxy) is 1. The molecule has 0 aliphatic rings. The van der Waals surface area contributed by atoms with Gasteiger partial charge in [-0.2, -0.15) is 0 Å². The summed E-state index contributed by atoms with van der Waals surface area (Å²) in [5.74, 6) is -0.454. The molecular weight excluding hydrogens is 354 g/mol. The Morgan fingerprint density at radius 1 is 1.19 bits per heavy atom. The fourth-order valence-corrected chi connectivity index (χ4v) is 3.04. The zero-order valence-corrected chi connectivity index (χ0v) is 15.8. The van der Waals surface area contributed by atoms with E-state index in [1.807, 2.05) is 37.2 Å². The van der Waals surface area contributed by atoms with Crippen LogP contribution in [-0.4, -0.2) is 35.1 Å². The fourth-order valence-electron chi connectivity index (χ4n) is 2.50. The quantitative estimate of drug-likeness (QED) is 0.717. The molecule has 0 saturated carbocycles. The van der Waals surface area contributed by atoms with E-state index in [0.717, 1.165) is 0 Å². The first-order chi connectivity index (χ1) is 12.2. The third-order valence-corrected chi connectivity index (χ3v) is 4.64. The van der Waals surface area contributed by atoms with Gasteiger partial charge in [0.1, 0.15) is 0 Å². The topological polar surface area (TPSA) is 102 Å². The second kappa shape index (κ2) is 8.20. The molecule has 0 saturated heterocycles. The highest BCUT2D eigenvalue weighted by molar-refractivity contribution is 7.89. The van der Waals surface area contributed by atoms with Crippen LogP contribution in [0.1, 0.15) is 18.5 Å². The Bertz CT molecular complexity index is 867. The third-order valence-electron chi connectivity index (χ3n) is 3.73. The first-order valence-electron chi connectivity index (χ1n) is 8.06. The van der Waals surface area contributed by atoms with Gasteiger partial charge in [0.25, 0.3) is 0 Å². The maximum atomic E-state index is 12.5. The van der Waals surface area contributed by atoms with Crippen LogP contribution in [-0.2, 0) is 19.6 Å². The molecule has 0 spiro atoms. The first kappa shape index (κ1) is 19.7. The SMILES string of the molecule is CCOC(=O)C(Nc1cc(S(N)(=O)=O)ccc1N(C)C)c1ccccc1. The minimum atomic E-state index is -3.87. The molecule has 0 radical (unpaired) electrons. The number of nitrogens with two attached hydrogens (primary N) is 1. The van der Waals surface area contributed by atoms with Crippen LogP contribution in [0.25, 0.3) is 0 Å². The molecule has 1 atom stereocenters. The predicted molar refractivity (Wildman–Crippen MR) is 102 cm³/mol. The third kappa shape index (κ3) is 4.74. The number of hydrogen-bond donors (Lipinski definition) is 2. The number of hydrogen-bond acceptors (Lipinski definition) is 6. The highest BCUT2D eigenvalue weighted by Crippen LogP contribution is 2.31. The van der Waals surface area contributed by atoms with Crippen molar-refractivity contribution in [3.05, 3.63) is 54.1 Å². The van der Waals surface area contributed by atoms with Gasteiger partial charge in [-0.3, -0.25) is 0 Å². The lowest BCUT2D eigenvalue weighted by molar-refractivity contribution is -0.144. The number of benzene rings is 2. The number of anilines is 2. The standard InChI is InChI=1S/C18H23N3O4S/c1-4-25-18(22)17(13-8-6-5-7-9-13)20-15-12-14(26(19,23)24)10-11-16(15)21(2)3/h5-12,17,20H,4H2,1-3H3,(H2,19,23,24). The highest BCUT2D eigenvalue weighted by atomic mass is 32.2. The molecule has 140 valence electrons. The molecule has 0 aromatic heterocycles. The van der Waals surface area contributed by atoms with E-state index < -0.39 is 22.0 Å². The average molecular weight is 377 g/mol. The lowest BCUT2D eigenvalue weighted by atomic mass is 10.1. The number of nitrogens with one attached hydrogen (secondary N) is 1. The van der Waals surface area contributed by atoms with Crippen molar-refractivity contribution in [1.29, 1.82) is 0 Å². The van der Waals surface area contributed by atoms with E-state index in [1.165, 1.54) is 12.1 Å². The van der Waals surface area contributed by atoms with Crippen LogP contribution in [0.15, 0.2) is 53.4 Å². The molecule has 7 nitrogen and oxygen atoms in total. The Kier molecular flexibility index (Phi) is 6.23. The van der Waals surface area contributed by atoms with Gasteiger partial charge in [0.15, 0.2) is 6.04 Å². The summed E-state index contributed by atoms with van der Waals surface area (Å²) in [4.78, 5) is 14.2. The van der Waals surface area contributed by atoms with E-state index in [0.29, 0.717) is 16.9 Å². The van der Waals surface area contributed by atoms with Crippen LogP contribution in [0.2, 0.25) is 0 Å². The van der Waals surface area contributed by atoms with Crippen molar-refractivity contribution in [3.63, 3.8) is 0 Å². The number of sulfonamides is 1. The van der Waals surface area contributed by atoms with E-state index >= 15 is 0 Å². The summed E-state index contributed by atoms with van der Waals surface area (Å²) in [5, 5.41) is 8.35. The van der Waals surface area contributed by atoms with E-state index in [9.17, 15) is 13.2 Å². The van der Waals surface area contributed by atoms with Crippen molar-refractivity contribution < 1.29 is 17.9 Å². The Balaban J connectivity index is 2.51. The molecule has 0 heterocycles. The average Bonchev–Trinajstić information content (AvgIpc) is 2.59. The molecule has 0 fully saturated rings. The molecular formula is C18H23N3O4S. The zero-order chi connectivity index (χ0) is 19.3. The van der Waals surface area contributed by atoms with Gasteiger partial charge in [0, 0.05) is 14.1 Å². The second-order valence-corrected chi connectivity index (χ2v) is 7.42. The van der Waals surface area contributed by atoms with Gasteiger partial charge < -0.3 is 15.0 Å². The largest absolute Gasteiger partial charge is 0.464 e. The molecule has 0 amide bonds. The van der Waals surface area contributed by atoms with E-state index in [2.05, 4.69) is 5.32 Å². The number of carbonyl (C=O) groups is 1. The Morgan fingerprint density at radius 3 is 2.38 bits per heavy atom. The predicted octanol–water partition coefficient (Wildman–Crippen LogP) is 2.12. The van der Waals surface area contributed by atoms with Gasteiger partial charge in [-0.25, -0.2) is 18.4 Å². The molecule has 2 aromatic carbocycles. The minimum Gasteiger partial charge on any atom is -0.464 e. The molecule has 0 aliphatic carbocycles. The zero-order valence-electron chi connectivity index (χ0n) is 15.0. The van der Waals surface area contributed by atoms with Crippen LogP contribution in [0, 0.1) is 0 Å². The summed E-state index contributed by atoms with van der Waals surface area (Å²) in [5.41, 5.74) is 1.88. The monoisotopic (exact) mass is 377 g/mol. The van der Waals surface area contributed by atoms with Crippen LogP contribution in [0.5, 0.6) is 0 Å². The van der Waals surface area contributed by atoms with Crippen LogP contribution in [0.3, 0.4) is 0 Å². The highest BCUT2D eigenvalue weighted by Gasteiger charge is 2.24. The smallest absolute Gasteiger partial charge is 0.333 e. The maximum absolute atomic E-state index is 12.5. The van der Waals surface area contributed by atoms with Gasteiger partial charge in [-0.1, -0.05) is 30.3 Å². The molecule has 1 unspecified atom stereocenters. The summed E-state index contributed by atoms with van der Waals surface area (Å²) in [6.45, 7) is 1.97. The summed E-state index contributed by atoms with van der Waals surface area (Å²) in [7, 11) is -0.236. The van der Waals surface area contributed by atoms with Gasteiger partial charge in [0.05, 0.1) is 22.9 Å². The molecule has 26 heavy (non-hydrogen) atoms. The Morgan fingerprint density at radius 2 is 1.85 bits per heavy atom. The normalized spacial score (nSPS) is 12.3. The van der Waals surface area contributed by atoms with Gasteiger partial charge in [-0.15, -0.1) is 0 Å². The molecule has 8 heteroatoms. The maximum Gasteiger partial charge on any atom is 0.333 e. The van der Waals surface area contributed by atoms with Crippen molar-refractivity contribution >= 4 is 27.4 Å². The van der Waals surface area contributed by atoms with E-state index in [-0.39, 0.29) is 11.5 Å². The van der Waals surface area contributed by atoms with Crippen molar-refractivity contribution in [2.24, 2.45) is 5.14 Å². The lowest BCUT2D eigenvalue weighted by Crippen LogP contribution is -2.25. The first-order valence-corrected chi connectivity index (χ1v) is 9.61. The number of nitrogens with zero attached hydrogens (tertiary/aromatic N) is 1. The Labute approximate surface area is 153 Å². The molecule has 2 aromatic rings. The van der Waals surface area contributed by atoms with Crippen molar-refractivity contribution in [2.45, 2.75) is 17.9 Å². The number of primary sulfonamides is 1. The summed E-state index contributed by atoms with van der Waals surface area (Å²) < 4.78 is 28.6. The number of rotatable bonds is 7. The lowest BCUT2D eigenvalue weighted by Gasteiger charge is -2.24. The Hall–Kier alpha value is -2.58. The number of esters is 1. The van der Waals surface area contributed by atoms with Crippen LogP contribution >= 0.6 is 0 Å². The fraction of sp³-hybridized carbons (Fsp3) is 0.278. The molecule has 2 rings (SSSR count). The van der Waals surface area contributed by atoms with Crippen molar-refractivity contribution in [2.75, 3.05) is 30.9 Å². The van der Waals surface area contributed by atoms with Gasteiger partial charge in [0.2, 0.25) is 10.0 Å². The van der Waals surface area contributed by atoms with Crippen molar-refractivity contribution in [3.8, 4) is 0 Å². The number of carbonyl (C=O) groups excluding carboxylic acids is 1. The second-order valence-electron chi connectivity index (χ2n) is 5.86. The van der Waals surface area contributed by atoms with Gasteiger partial charge >= 0.3 is 5.97 Å². The minimum absolute atomic E-state index is 0.0405. The molecule has 3 N–H and O–H groups in total. The van der Waals surface area contributed by atoms with Crippen LogP contribution < -0.4 is 15.4 Å². The summed E-state index contributed by atoms with van der Waals surface area (Å²) >= 11 is 0. The van der Waals surface area contributed by atoms with E-state index in [1.54, 1.807) is 25.1 Å². The molecule has 0 aliphatic heterocycles. The van der Waals surface area contributed by atoms with E-state index in [4.69, 9.17) is 9.88 Å². The summed E-state index contributed by atoms with van der Waals surface area (Å²) in [6.07, 6.45) is 0.